The highest BCUT2D eigenvalue weighted by Crippen LogP contribution is 2.28. The van der Waals surface area contributed by atoms with E-state index in [0.29, 0.717) is 11.1 Å². The van der Waals surface area contributed by atoms with Gasteiger partial charge in [0.05, 0.1) is 16.9 Å². The summed E-state index contributed by atoms with van der Waals surface area (Å²) in [6.07, 6.45) is 0. The van der Waals surface area contributed by atoms with Crippen LogP contribution in [0.5, 0.6) is 5.75 Å². The molecule has 0 radical (unpaired) electrons. The van der Waals surface area contributed by atoms with E-state index in [4.69, 9.17) is 15.2 Å². The number of carbonyl (C=O) groups is 3. The van der Waals surface area contributed by atoms with E-state index in [0.717, 1.165) is 0 Å². The molecule has 1 unspecified atom stereocenters. The van der Waals surface area contributed by atoms with Crippen LogP contribution in [0, 0.1) is 16.2 Å². The molecule has 0 aromatic heterocycles. The van der Waals surface area contributed by atoms with Gasteiger partial charge in [-0.1, -0.05) is 20.8 Å². The minimum atomic E-state index is -0.706. The Hall–Kier alpha value is -2.21. The van der Waals surface area contributed by atoms with Crippen molar-refractivity contribution in [3.05, 3.63) is 29.3 Å². The van der Waals surface area contributed by atoms with Crippen LogP contribution in [0.3, 0.4) is 0 Å². The van der Waals surface area contributed by atoms with Crippen molar-refractivity contribution in [2.75, 3.05) is 0 Å². The first-order valence-corrected chi connectivity index (χ1v) is 9.77. The molecule has 0 heterocycles. The first-order valence-electron chi connectivity index (χ1n) is 9.77. The van der Waals surface area contributed by atoms with E-state index < -0.39 is 34.2 Å². The quantitative estimate of drug-likeness (QED) is 0.446. The predicted octanol–water partition coefficient (Wildman–Crippen LogP) is 4.28. The molecular formula is C23H35NO5. The number of ketones is 1. The van der Waals surface area contributed by atoms with Gasteiger partial charge in [0.15, 0.2) is 5.78 Å². The highest BCUT2D eigenvalue weighted by Gasteiger charge is 2.30. The molecule has 6 heteroatoms. The highest BCUT2D eigenvalue weighted by molar-refractivity contribution is 6.00. The second kappa shape index (κ2) is 8.66. The fraction of sp³-hybridized carbons (Fsp3) is 0.609. The summed E-state index contributed by atoms with van der Waals surface area (Å²) >= 11 is 0. The van der Waals surface area contributed by atoms with Crippen molar-refractivity contribution in [3.8, 4) is 5.75 Å². The first kappa shape index (κ1) is 24.8. The SMILES string of the molecule is CC(C)(C)C(=O)OCc1cc(C(=O)C(N)C(C)(C)C)ccc1OC(=O)C(C)(C)C. The maximum absolute atomic E-state index is 12.8. The Morgan fingerprint density at radius 3 is 1.86 bits per heavy atom. The molecule has 1 aromatic rings. The topological polar surface area (TPSA) is 95.7 Å². The lowest BCUT2D eigenvalue weighted by Crippen LogP contribution is -2.42. The third-order valence-corrected chi connectivity index (χ3v) is 4.35. The molecule has 29 heavy (non-hydrogen) atoms. The number of rotatable bonds is 5. The first-order chi connectivity index (χ1) is 12.9. The van der Waals surface area contributed by atoms with Gasteiger partial charge in [-0.25, -0.2) is 0 Å². The number of hydrogen-bond donors (Lipinski definition) is 1. The average Bonchev–Trinajstić information content (AvgIpc) is 2.56. The van der Waals surface area contributed by atoms with Gasteiger partial charge in [0.2, 0.25) is 0 Å². The Kier molecular flexibility index (Phi) is 7.41. The molecule has 6 nitrogen and oxygen atoms in total. The van der Waals surface area contributed by atoms with Crippen molar-refractivity contribution in [3.63, 3.8) is 0 Å². The van der Waals surface area contributed by atoms with Crippen LogP contribution in [-0.2, 0) is 20.9 Å². The van der Waals surface area contributed by atoms with E-state index in [1.807, 2.05) is 20.8 Å². The summed E-state index contributed by atoms with van der Waals surface area (Å²) in [7, 11) is 0. The van der Waals surface area contributed by atoms with Crippen LogP contribution >= 0.6 is 0 Å². The number of Topliss-reactive ketones (excluding diaryl/α,β-unsaturated/α-hetero) is 1. The highest BCUT2D eigenvalue weighted by atomic mass is 16.5. The molecule has 0 saturated carbocycles. The number of hydrogen-bond acceptors (Lipinski definition) is 6. The number of benzene rings is 1. The van der Waals surface area contributed by atoms with E-state index in [9.17, 15) is 14.4 Å². The molecule has 0 aliphatic carbocycles. The molecular weight excluding hydrogens is 370 g/mol. The van der Waals surface area contributed by atoms with Crippen molar-refractivity contribution < 1.29 is 23.9 Å². The normalized spacial score (nSPS) is 13.6. The molecule has 0 saturated heterocycles. The summed E-state index contributed by atoms with van der Waals surface area (Å²) < 4.78 is 10.9. The molecule has 1 rings (SSSR count). The fourth-order valence-corrected chi connectivity index (χ4v) is 2.13. The zero-order valence-electron chi connectivity index (χ0n) is 19.1. The van der Waals surface area contributed by atoms with Crippen molar-refractivity contribution in [2.45, 2.75) is 75.0 Å². The zero-order chi connectivity index (χ0) is 22.8. The van der Waals surface area contributed by atoms with Crippen LogP contribution in [0.15, 0.2) is 18.2 Å². The lowest BCUT2D eigenvalue weighted by Gasteiger charge is -2.26. The third kappa shape index (κ3) is 6.96. The standard InChI is InChI=1S/C23H35NO5/c1-21(2,3)18(24)17(25)14-10-11-16(29-20(27)23(7,8)9)15(12-14)13-28-19(26)22(4,5)6/h10-12,18H,13,24H2,1-9H3. The molecule has 1 atom stereocenters. The maximum atomic E-state index is 12.8. The van der Waals surface area contributed by atoms with Gasteiger partial charge in [-0.2, -0.15) is 0 Å². The Bertz CT molecular complexity index is 776. The summed E-state index contributed by atoms with van der Waals surface area (Å²) in [5.41, 5.74) is 5.14. The smallest absolute Gasteiger partial charge is 0.316 e. The van der Waals surface area contributed by atoms with Gasteiger partial charge in [0, 0.05) is 11.1 Å². The largest absolute Gasteiger partial charge is 0.460 e. The summed E-state index contributed by atoms with van der Waals surface area (Å²) in [5, 5.41) is 0. The second-order valence-corrected chi connectivity index (χ2v) is 10.5. The zero-order valence-corrected chi connectivity index (χ0v) is 19.1. The molecule has 0 amide bonds. The van der Waals surface area contributed by atoms with Crippen molar-refractivity contribution in [1.29, 1.82) is 0 Å². The summed E-state index contributed by atoms with van der Waals surface area (Å²) in [6.45, 7) is 16.0. The summed E-state index contributed by atoms with van der Waals surface area (Å²) in [6, 6.07) is 4.01. The lowest BCUT2D eigenvalue weighted by molar-refractivity contribution is -0.154. The Morgan fingerprint density at radius 1 is 0.897 bits per heavy atom. The van der Waals surface area contributed by atoms with Crippen LogP contribution in [0.2, 0.25) is 0 Å². The molecule has 0 fully saturated rings. The second-order valence-electron chi connectivity index (χ2n) is 10.5. The van der Waals surface area contributed by atoms with Crippen LogP contribution in [0.4, 0.5) is 0 Å². The molecule has 0 aliphatic heterocycles. The predicted molar refractivity (Wildman–Crippen MR) is 113 cm³/mol. The Labute approximate surface area is 174 Å². The van der Waals surface area contributed by atoms with E-state index in [2.05, 4.69) is 0 Å². The van der Waals surface area contributed by atoms with Crippen LogP contribution < -0.4 is 10.5 Å². The average molecular weight is 406 g/mol. The van der Waals surface area contributed by atoms with Gasteiger partial charge in [0.1, 0.15) is 12.4 Å². The van der Waals surface area contributed by atoms with Crippen LogP contribution in [0.1, 0.15) is 78.2 Å². The van der Waals surface area contributed by atoms with E-state index in [-0.39, 0.29) is 18.1 Å². The van der Waals surface area contributed by atoms with Gasteiger partial charge in [-0.3, -0.25) is 14.4 Å². The van der Waals surface area contributed by atoms with Gasteiger partial charge in [0.25, 0.3) is 0 Å². The summed E-state index contributed by atoms with van der Waals surface area (Å²) in [5.74, 6) is -0.790. The molecule has 0 spiro atoms. The number of carbonyl (C=O) groups excluding carboxylic acids is 3. The molecule has 1 aromatic carbocycles. The van der Waals surface area contributed by atoms with Gasteiger partial charge in [-0.15, -0.1) is 0 Å². The molecule has 2 N–H and O–H groups in total. The van der Waals surface area contributed by atoms with Gasteiger partial charge >= 0.3 is 11.9 Å². The number of nitrogens with two attached hydrogens (primary N) is 1. The van der Waals surface area contributed by atoms with Crippen LogP contribution in [0.25, 0.3) is 0 Å². The summed E-state index contributed by atoms with van der Waals surface area (Å²) in [4.78, 5) is 37.3. The van der Waals surface area contributed by atoms with Crippen molar-refractivity contribution in [2.24, 2.45) is 22.0 Å². The third-order valence-electron chi connectivity index (χ3n) is 4.35. The monoisotopic (exact) mass is 405 g/mol. The molecule has 162 valence electrons. The minimum Gasteiger partial charge on any atom is -0.460 e. The molecule has 0 bridgehead atoms. The minimum absolute atomic E-state index is 0.116. The van der Waals surface area contributed by atoms with E-state index in [1.165, 1.54) is 0 Å². The van der Waals surface area contributed by atoms with Crippen molar-refractivity contribution in [1.82, 2.24) is 0 Å². The van der Waals surface area contributed by atoms with Crippen molar-refractivity contribution >= 4 is 17.7 Å². The Morgan fingerprint density at radius 2 is 1.41 bits per heavy atom. The fourth-order valence-electron chi connectivity index (χ4n) is 2.13. The molecule has 0 aliphatic rings. The van der Waals surface area contributed by atoms with E-state index >= 15 is 0 Å². The van der Waals surface area contributed by atoms with E-state index in [1.54, 1.807) is 59.7 Å². The number of esters is 2. The van der Waals surface area contributed by atoms with Gasteiger partial charge in [-0.05, 0) is 65.2 Å². The van der Waals surface area contributed by atoms with Gasteiger partial charge < -0.3 is 15.2 Å². The number of ether oxygens (including phenoxy) is 2. The maximum Gasteiger partial charge on any atom is 0.316 e. The van der Waals surface area contributed by atoms with Crippen LogP contribution in [-0.4, -0.2) is 23.8 Å². The lowest BCUT2D eigenvalue weighted by atomic mass is 9.82. The Balaban J connectivity index is 3.27.